The predicted octanol–water partition coefficient (Wildman–Crippen LogP) is 1.52. The maximum atomic E-state index is 9.73. The van der Waals surface area contributed by atoms with E-state index < -0.39 is 0 Å². The van der Waals surface area contributed by atoms with E-state index in [-0.39, 0.29) is 29.9 Å². The molecule has 0 saturated carbocycles. The third kappa shape index (κ3) is 3.25. The van der Waals surface area contributed by atoms with Gasteiger partial charge in [-0.25, -0.2) is 0 Å². The van der Waals surface area contributed by atoms with Gasteiger partial charge >= 0.3 is 0 Å². The molecule has 0 aliphatic carbocycles. The molecule has 1 aromatic carbocycles. The maximum Gasteiger partial charge on any atom is 0.120 e. The number of aromatic hydroxyl groups is 2. The van der Waals surface area contributed by atoms with Gasteiger partial charge in [-0.3, -0.25) is 0 Å². The van der Waals surface area contributed by atoms with Gasteiger partial charge in [0.1, 0.15) is 11.5 Å². The van der Waals surface area contributed by atoms with E-state index in [4.69, 9.17) is 5.73 Å². The lowest BCUT2D eigenvalue weighted by Crippen LogP contribution is -2.33. The van der Waals surface area contributed by atoms with Gasteiger partial charge in [-0.15, -0.1) is 12.4 Å². The van der Waals surface area contributed by atoms with Crippen molar-refractivity contribution in [3.05, 3.63) is 23.8 Å². The first kappa shape index (κ1) is 14.1. The fourth-order valence-electron chi connectivity index (χ4n) is 2.27. The van der Waals surface area contributed by atoms with Crippen molar-refractivity contribution in [1.82, 2.24) is 5.32 Å². The smallest absolute Gasteiger partial charge is 0.120 e. The van der Waals surface area contributed by atoms with Gasteiger partial charge in [0.25, 0.3) is 0 Å². The summed E-state index contributed by atoms with van der Waals surface area (Å²) in [5.74, 6) is 0.690. The Morgan fingerprint density at radius 3 is 2.53 bits per heavy atom. The molecular weight excluding hydrogens is 240 g/mol. The zero-order chi connectivity index (χ0) is 11.5. The number of phenolic OH excluding ortho intramolecular Hbond substituents is 2. The number of hydrogen-bond acceptors (Lipinski definition) is 4. The van der Waals surface area contributed by atoms with Crippen molar-refractivity contribution in [3.8, 4) is 11.5 Å². The standard InChI is InChI=1S/C12H18N2O2.ClH/c13-12(8-3-5-14-6-4-8)10-7-9(15)1-2-11(10)16;/h1-2,7-8,12,14-16H,3-6,13H2;1H/t12-;/m1./s1. The molecule has 1 aromatic rings. The van der Waals surface area contributed by atoms with Crippen molar-refractivity contribution in [3.63, 3.8) is 0 Å². The Morgan fingerprint density at radius 2 is 1.88 bits per heavy atom. The second kappa shape index (κ2) is 6.10. The minimum absolute atomic E-state index is 0. The molecule has 2 rings (SSSR count). The summed E-state index contributed by atoms with van der Waals surface area (Å²) < 4.78 is 0. The summed E-state index contributed by atoms with van der Waals surface area (Å²) in [7, 11) is 0. The first-order valence-corrected chi connectivity index (χ1v) is 5.66. The Kier molecular flexibility index (Phi) is 5.05. The van der Waals surface area contributed by atoms with Gasteiger partial charge in [-0.2, -0.15) is 0 Å². The van der Waals surface area contributed by atoms with Gasteiger partial charge in [0.15, 0.2) is 0 Å². The molecule has 17 heavy (non-hydrogen) atoms. The highest BCUT2D eigenvalue weighted by Crippen LogP contribution is 2.33. The SMILES string of the molecule is Cl.N[C@@H](c1cc(O)ccc1O)C1CCNCC1. The van der Waals surface area contributed by atoms with Crippen LogP contribution in [0, 0.1) is 5.92 Å². The van der Waals surface area contributed by atoms with Crippen LogP contribution in [0.1, 0.15) is 24.4 Å². The Bertz CT molecular complexity index is 368. The zero-order valence-corrected chi connectivity index (χ0v) is 10.4. The second-order valence-electron chi connectivity index (χ2n) is 4.36. The Morgan fingerprint density at radius 1 is 1.24 bits per heavy atom. The van der Waals surface area contributed by atoms with Crippen molar-refractivity contribution in [2.45, 2.75) is 18.9 Å². The van der Waals surface area contributed by atoms with Gasteiger partial charge in [0.2, 0.25) is 0 Å². The molecular formula is C12H19ClN2O2. The molecule has 5 N–H and O–H groups in total. The van der Waals surface area contributed by atoms with Gasteiger partial charge in [-0.1, -0.05) is 0 Å². The summed E-state index contributed by atoms with van der Waals surface area (Å²) in [6.45, 7) is 1.94. The molecule has 96 valence electrons. The van der Waals surface area contributed by atoms with Crippen LogP contribution in [0.25, 0.3) is 0 Å². The van der Waals surface area contributed by atoms with Crippen LogP contribution in [0.3, 0.4) is 0 Å². The largest absolute Gasteiger partial charge is 0.508 e. The summed E-state index contributed by atoms with van der Waals surface area (Å²) in [5.41, 5.74) is 6.79. The minimum Gasteiger partial charge on any atom is -0.508 e. The second-order valence-corrected chi connectivity index (χ2v) is 4.36. The highest BCUT2D eigenvalue weighted by atomic mass is 35.5. The number of piperidine rings is 1. The zero-order valence-electron chi connectivity index (χ0n) is 9.60. The van der Waals surface area contributed by atoms with E-state index in [0.717, 1.165) is 25.9 Å². The highest BCUT2D eigenvalue weighted by Gasteiger charge is 2.23. The number of phenols is 2. The number of nitrogens with one attached hydrogen (secondary N) is 1. The number of nitrogens with two attached hydrogens (primary N) is 1. The molecule has 1 saturated heterocycles. The van der Waals surface area contributed by atoms with Crippen LogP contribution in [0.2, 0.25) is 0 Å². The van der Waals surface area contributed by atoms with E-state index in [1.807, 2.05) is 0 Å². The molecule has 0 aromatic heterocycles. The van der Waals surface area contributed by atoms with E-state index >= 15 is 0 Å². The summed E-state index contributed by atoms with van der Waals surface area (Å²) in [5, 5.41) is 22.4. The summed E-state index contributed by atoms with van der Waals surface area (Å²) in [6.07, 6.45) is 2.02. The van der Waals surface area contributed by atoms with E-state index in [0.29, 0.717) is 11.5 Å². The molecule has 0 spiro atoms. The molecule has 1 atom stereocenters. The third-order valence-electron chi connectivity index (χ3n) is 3.26. The van der Waals surface area contributed by atoms with Gasteiger partial charge in [0.05, 0.1) is 0 Å². The van der Waals surface area contributed by atoms with Crippen LogP contribution in [-0.4, -0.2) is 23.3 Å². The normalized spacial score (nSPS) is 18.4. The van der Waals surface area contributed by atoms with Crippen molar-refractivity contribution < 1.29 is 10.2 Å². The van der Waals surface area contributed by atoms with E-state index in [2.05, 4.69) is 5.32 Å². The minimum atomic E-state index is -0.200. The molecule has 1 fully saturated rings. The van der Waals surface area contributed by atoms with Gasteiger partial charge < -0.3 is 21.3 Å². The van der Waals surface area contributed by atoms with E-state index in [1.165, 1.54) is 12.1 Å². The lowest BCUT2D eigenvalue weighted by molar-refractivity contribution is 0.315. The average molecular weight is 259 g/mol. The Balaban J connectivity index is 0.00000144. The van der Waals surface area contributed by atoms with Crippen LogP contribution < -0.4 is 11.1 Å². The molecule has 5 heteroatoms. The van der Waals surface area contributed by atoms with Gasteiger partial charge in [-0.05, 0) is 50.0 Å². The average Bonchev–Trinajstić information content (AvgIpc) is 2.32. The number of hydrogen-bond donors (Lipinski definition) is 4. The van der Waals surface area contributed by atoms with Crippen molar-refractivity contribution in [1.29, 1.82) is 0 Å². The maximum absolute atomic E-state index is 9.73. The van der Waals surface area contributed by atoms with Crippen molar-refractivity contribution in [2.24, 2.45) is 11.7 Å². The quantitative estimate of drug-likeness (QED) is 0.607. The molecule has 1 aliphatic heterocycles. The van der Waals surface area contributed by atoms with E-state index in [1.54, 1.807) is 6.07 Å². The Hall–Kier alpha value is -0.970. The van der Waals surface area contributed by atoms with Crippen LogP contribution in [-0.2, 0) is 0 Å². The molecule has 0 radical (unpaired) electrons. The molecule has 1 aliphatic rings. The Labute approximate surface area is 107 Å². The van der Waals surface area contributed by atoms with Crippen LogP contribution >= 0.6 is 12.4 Å². The monoisotopic (exact) mass is 258 g/mol. The first-order chi connectivity index (χ1) is 7.68. The van der Waals surface area contributed by atoms with E-state index in [9.17, 15) is 10.2 Å². The van der Waals surface area contributed by atoms with Crippen LogP contribution in [0.5, 0.6) is 11.5 Å². The molecule has 0 bridgehead atoms. The molecule has 1 heterocycles. The molecule has 4 nitrogen and oxygen atoms in total. The number of halogens is 1. The summed E-state index contributed by atoms with van der Waals surface area (Å²) in [6, 6.07) is 4.32. The fourth-order valence-corrected chi connectivity index (χ4v) is 2.27. The first-order valence-electron chi connectivity index (χ1n) is 5.66. The van der Waals surface area contributed by atoms with Crippen molar-refractivity contribution >= 4 is 12.4 Å². The van der Waals surface area contributed by atoms with Crippen molar-refractivity contribution in [2.75, 3.05) is 13.1 Å². The summed E-state index contributed by atoms with van der Waals surface area (Å²) >= 11 is 0. The number of benzene rings is 1. The fraction of sp³-hybridized carbons (Fsp3) is 0.500. The number of rotatable bonds is 2. The predicted molar refractivity (Wildman–Crippen MR) is 69.5 cm³/mol. The molecule has 0 unspecified atom stereocenters. The van der Waals surface area contributed by atoms with Crippen LogP contribution in [0.15, 0.2) is 18.2 Å². The summed E-state index contributed by atoms with van der Waals surface area (Å²) in [4.78, 5) is 0. The third-order valence-corrected chi connectivity index (χ3v) is 3.26. The lowest BCUT2D eigenvalue weighted by atomic mass is 9.86. The topological polar surface area (TPSA) is 78.5 Å². The molecule has 0 amide bonds. The lowest BCUT2D eigenvalue weighted by Gasteiger charge is -2.28. The highest BCUT2D eigenvalue weighted by molar-refractivity contribution is 5.85. The van der Waals surface area contributed by atoms with Crippen LogP contribution in [0.4, 0.5) is 0 Å². The van der Waals surface area contributed by atoms with Gasteiger partial charge in [0, 0.05) is 11.6 Å².